The predicted molar refractivity (Wildman–Crippen MR) is 114 cm³/mol. The van der Waals surface area contributed by atoms with E-state index in [1.807, 2.05) is 24.3 Å². The second kappa shape index (κ2) is 10.6. The Balaban J connectivity index is 1.39. The van der Waals surface area contributed by atoms with Gasteiger partial charge in [-0.3, -0.25) is 4.79 Å². The van der Waals surface area contributed by atoms with Crippen molar-refractivity contribution in [1.82, 2.24) is 10.6 Å². The summed E-state index contributed by atoms with van der Waals surface area (Å²) in [5.41, 5.74) is 4.61. The Kier molecular flexibility index (Phi) is 7.61. The molecule has 1 atom stereocenters. The Morgan fingerprint density at radius 1 is 1.00 bits per heavy atom. The van der Waals surface area contributed by atoms with E-state index in [1.165, 1.54) is 7.11 Å². The van der Waals surface area contributed by atoms with Crippen LogP contribution < -0.4 is 10.6 Å². The lowest BCUT2D eigenvalue weighted by atomic mass is 9.98. The fraction of sp³-hybridized carbons (Fsp3) is 0.348. The van der Waals surface area contributed by atoms with Crippen molar-refractivity contribution >= 4 is 18.0 Å². The number of fused-ring (bicyclic) bond motifs is 3. The topological polar surface area (TPSA) is 114 Å². The van der Waals surface area contributed by atoms with Crippen LogP contribution >= 0.6 is 0 Å². The van der Waals surface area contributed by atoms with Gasteiger partial charge in [0.25, 0.3) is 0 Å². The lowest BCUT2D eigenvalue weighted by molar-refractivity contribution is -0.148. The van der Waals surface area contributed by atoms with E-state index in [0.717, 1.165) is 22.3 Å². The summed E-state index contributed by atoms with van der Waals surface area (Å²) >= 11 is 0. The van der Waals surface area contributed by atoms with Crippen molar-refractivity contribution in [1.29, 1.82) is 0 Å². The Morgan fingerprint density at radius 2 is 1.61 bits per heavy atom. The van der Waals surface area contributed by atoms with E-state index in [1.54, 1.807) is 0 Å². The van der Waals surface area contributed by atoms with Crippen molar-refractivity contribution in [2.75, 3.05) is 26.8 Å². The van der Waals surface area contributed by atoms with Crippen LogP contribution in [-0.4, -0.2) is 56.0 Å². The summed E-state index contributed by atoms with van der Waals surface area (Å²) in [6.45, 7) is 0.398. The molecule has 0 spiro atoms. The molecule has 3 rings (SSSR count). The number of aliphatic carboxylic acids is 1. The quantitative estimate of drug-likeness (QED) is 0.503. The smallest absolute Gasteiger partial charge is 0.407 e. The minimum Gasteiger partial charge on any atom is -0.479 e. The molecule has 0 aliphatic heterocycles. The van der Waals surface area contributed by atoms with Crippen LogP contribution in [0, 0.1) is 0 Å². The number of carboxylic acids is 1. The van der Waals surface area contributed by atoms with Gasteiger partial charge in [-0.05, 0) is 28.7 Å². The molecule has 0 aromatic heterocycles. The van der Waals surface area contributed by atoms with Gasteiger partial charge < -0.3 is 25.2 Å². The summed E-state index contributed by atoms with van der Waals surface area (Å²) in [6, 6.07) is 16.2. The molecule has 1 aliphatic rings. The first-order chi connectivity index (χ1) is 15.0. The van der Waals surface area contributed by atoms with Crippen LogP contribution in [0.3, 0.4) is 0 Å². The Morgan fingerprint density at radius 3 is 2.19 bits per heavy atom. The molecule has 0 saturated heterocycles. The maximum absolute atomic E-state index is 12.1. The fourth-order valence-electron chi connectivity index (χ4n) is 3.66. The molecule has 0 fully saturated rings. The molecule has 2 aromatic carbocycles. The molecular formula is C23H26N2O6. The number of carboxylic acid groups (broad SMARTS) is 1. The summed E-state index contributed by atoms with van der Waals surface area (Å²) in [6.07, 6.45) is -1.06. The largest absolute Gasteiger partial charge is 0.479 e. The minimum absolute atomic E-state index is 0.00751. The zero-order valence-electron chi connectivity index (χ0n) is 17.3. The maximum atomic E-state index is 12.1. The minimum atomic E-state index is -1.14. The summed E-state index contributed by atoms with van der Waals surface area (Å²) in [7, 11) is 1.27. The first kappa shape index (κ1) is 22.3. The number of methoxy groups -OCH3 is 1. The number of carbonyl (C=O) groups is 3. The molecule has 2 amide bonds. The van der Waals surface area contributed by atoms with Gasteiger partial charge >= 0.3 is 12.1 Å². The van der Waals surface area contributed by atoms with E-state index in [9.17, 15) is 14.4 Å². The van der Waals surface area contributed by atoms with E-state index in [-0.39, 0.29) is 37.9 Å². The molecule has 0 saturated carbocycles. The van der Waals surface area contributed by atoms with Crippen molar-refractivity contribution in [3.8, 4) is 11.1 Å². The Labute approximate surface area is 180 Å². The van der Waals surface area contributed by atoms with Crippen LogP contribution in [0.15, 0.2) is 48.5 Å². The first-order valence-electron chi connectivity index (χ1n) is 10.1. The average Bonchev–Trinajstić information content (AvgIpc) is 3.09. The van der Waals surface area contributed by atoms with Gasteiger partial charge in [-0.15, -0.1) is 0 Å². The van der Waals surface area contributed by atoms with Gasteiger partial charge in [-0.2, -0.15) is 0 Å². The third-order valence-corrected chi connectivity index (χ3v) is 5.24. The number of alkyl carbamates (subject to hydrolysis) is 1. The molecular weight excluding hydrogens is 400 g/mol. The van der Waals surface area contributed by atoms with Gasteiger partial charge in [0, 0.05) is 26.0 Å². The summed E-state index contributed by atoms with van der Waals surface area (Å²) < 4.78 is 10.2. The summed E-state index contributed by atoms with van der Waals surface area (Å²) in [5, 5.41) is 14.0. The van der Waals surface area contributed by atoms with Crippen molar-refractivity contribution in [3.05, 3.63) is 59.7 Å². The molecule has 164 valence electrons. The van der Waals surface area contributed by atoms with Crippen LogP contribution in [0.5, 0.6) is 0 Å². The molecule has 2 aromatic rings. The van der Waals surface area contributed by atoms with Gasteiger partial charge in [0.2, 0.25) is 5.91 Å². The van der Waals surface area contributed by atoms with Crippen molar-refractivity contribution in [2.24, 2.45) is 0 Å². The zero-order valence-corrected chi connectivity index (χ0v) is 17.3. The van der Waals surface area contributed by atoms with E-state index < -0.39 is 18.2 Å². The second-order valence-corrected chi connectivity index (χ2v) is 7.22. The van der Waals surface area contributed by atoms with Gasteiger partial charge in [-0.25, -0.2) is 9.59 Å². The number of rotatable bonds is 10. The summed E-state index contributed by atoms with van der Waals surface area (Å²) in [5.74, 6) is -1.45. The summed E-state index contributed by atoms with van der Waals surface area (Å²) in [4.78, 5) is 34.7. The molecule has 8 nitrogen and oxygen atoms in total. The maximum Gasteiger partial charge on any atom is 0.407 e. The number of hydrogen-bond acceptors (Lipinski definition) is 5. The average molecular weight is 426 g/mol. The van der Waals surface area contributed by atoms with Crippen LogP contribution in [0.4, 0.5) is 4.79 Å². The molecule has 0 radical (unpaired) electrons. The number of carbonyl (C=O) groups excluding carboxylic acids is 2. The normalized spacial score (nSPS) is 13.1. The third-order valence-electron chi connectivity index (χ3n) is 5.24. The lowest BCUT2D eigenvalue weighted by Gasteiger charge is -2.14. The SMILES string of the molecule is COC(CNC(=O)CCCNC(=O)OCC1c2ccccc2-c2ccccc21)C(=O)O. The van der Waals surface area contributed by atoms with Crippen molar-refractivity contribution in [2.45, 2.75) is 24.9 Å². The molecule has 31 heavy (non-hydrogen) atoms. The number of hydrogen-bond donors (Lipinski definition) is 3. The fourth-order valence-corrected chi connectivity index (χ4v) is 3.66. The van der Waals surface area contributed by atoms with Crippen LogP contribution in [0.1, 0.15) is 29.9 Å². The van der Waals surface area contributed by atoms with Gasteiger partial charge in [0.05, 0.1) is 6.54 Å². The first-order valence-corrected chi connectivity index (χ1v) is 10.1. The highest BCUT2D eigenvalue weighted by molar-refractivity contribution is 5.79. The van der Waals surface area contributed by atoms with Crippen molar-refractivity contribution < 1.29 is 29.0 Å². The highest BCUT2D eigenvalue weighted by atomic mass is 16.5. The van der Waals surface area contributed by atoms with Gasteiger partial charge in [-0.1, -0.05) is 48.5 Å². The zero-order chi connectivity index (χ0) is 22.2. The van der Waals surface area contributed by atoms with Crippen LogP contribution in [-0.2, 0) is 19.1 Å². The second-order valence-electron chi connectivity index (χ2n) is 7.22. The highest BCUT2D eigenvalue weighted by Crippen LogP contribution is 2.44. The number of nitrogens with one attached hydrogen (secondary N) is 2. The molecule has 1 aliphatic carbocycles. The van der Waals surface area contributed by atoms with E-state index in [0.29, 0.717) is 6.42 Å². The monoisotopic (exact) mass is 426 g/mol. The van der Waals surface area contributed by atoms with Crippen LogP contribution in [0.2, 0.25) is 0 Å². The molecule has 0 heterocycles. The standard InChI is InChI=1S/C23H26N2O6/c1-30-20(22(27)28)13-25-21(26)11-6-12-24-23(29)31-14-19-17-9-4-2-7-15(17)16-8-3-5-10-18(16)19/h2-5,7-10,19-20H,6,11-14H2,1H3,(H,24,29)(H,25,26)(H,27,28). The molecule has 3 N–H and O–H groups in total. The van der Waals surface area contributed by atoms with Gasteiger partial charge in [0.1, 0.15) is 6.61 Å². The number of benzene rings is 2. The van der Waals surface area contributed by atoms with E-state index in [4.69, 9.17) is 14.6 Å². The van der Waals surface area contributed by atoms with Gasteiger partial charge in [0.15, 0.2) is 6.10 Å². The molecule has 8 heteroatoms. The lowest BCUT2D eigenvalue weighted by Crippen LogP contribution is -2.38. The van der Waals surface area contributed by atoms with Crippen LogP contribution in [0.25, 0.3) is 11.1 Å². The highest BCUT2D eigenvalue weighted by Gasteiger charge is 2.28. The Hall–Kier alpha value is -3.39. The molecule has 0 bridgehead atoms. The predicted octanol–water partition coefficient (Wildman–Crippen LogP) is 2.52. The van der Waals surface area contributed by atoms with Crippen molar-refractivity contribution in [3.63, 3.8) is 0 Å². The Bertz CT molecular complexity index is 900. The number of amides is 2. The van der Waals surface area contributed by atoms with E-state index >= 15 is 0 Å². The van der Waals surface area contributed by atoms with E-state index in [2.05, 4.69) is 34.9 Å². The third kappa shape index (κ3) is 5.61. The molecule has 1 unspecified atom stereocenters. The number of ether oxygens (including phenoxy) is 2.